The molecule has 0 spiro atoms. The Labute approximate surface area is 156 Å². The lowest BCUT2D eigenvalue weighted by atomic mass is 9.91. The van der Waals surface area contributed by atoms with E-state index in [1.54, 1.807) is 11.1 Å². The van der Waals surface area contributed by atoms with Crippen LogP contribution in [0.4, 0.5) is 0 Å². The fourth-order valence-electron chi connectivity index (χ4n) is 3.77. The summed E-state index contributed by atoms with van der Waals surface area (Å²) in [6, 6.07) is 32.5. The molecule has 0 saturated carbocycles. The van der Waals surface area contributed by atoms with E-state index < -0.39 is 0 Å². The zero-order valence-electron chi connectivity index (χ0n) is 15.1. The van der Waals surface area contributed by atoms with Crippen LogP contribution >= 0.6 is 0 Å². The van der Waals surface area contributed by atoms with Crippen LogP contribution in [-0.2, 0) is 19.3 Å². The molecule has 0 amide bonds. The first-order valence-corrected chi connectivity index (χ1v) is 9.40. The van der Waals surface area contributed by atoms with E-state index in [0.717, 1.165) is 25.7 Å². The third-order valence-corrected chi connectivity index (χ3v) is 5.13. The van der Waals surface area contributed by atoms with Crippen LogP contribution in [0.2, 0.25) is 0 Å². The van der Waals surface area contributed by atoms with Crippen LogP contribution in [-0.4, -0.2) is 0 Å². The molecule has 0 radical (unpaired) electrons. The Morgan fingerprint density at radius 1 is 0.500 bits per heavy atom. The van der Waals surface area contributed by atoms with Crippen molar-refractivity contribution < 1.29 is 0 Å². The van der Waals surface area contributed by atoms with E-state index in [1.807, 2.05) is 0 Å². The van der Waals surface area contributed by atoms with Crippen LogP contribution in [0.3, 0.4) is 0 Å². The minimum Gasteiger partial charge on any atom is -0.0766 e. The molecule has 0 aliphatic heterocycles. The molecular formula is C26H24. The highest BCUT2D eigenvalue weighted by molar-refractivity contribution is 5.49. The van der Waals surface area contributed by atoms with Gasteiger partial charge in [-0.2, -0.15) is 0 Å². The van der Waals surface area contributed by atoms with Crippen molar-refractivity contribution in [2.75, 3.05) is 0 Å². The highest BCUT2D eigenvalue weighted by Crippen LogP contribution is 2.33. The number of allylic oxidation sites excluding steroid dienone is 4. The molecule has 0 N–H and O–H groups in total. The Balaban J connectivity index is 1.62. The second kappa shape index (κ2) is 8.01. The van der Waals surface area contributed by atoms with Gasteiger partial charge >= 0.3 is 0 Å². The van der Waals surface area contributed by atoms with Crippen molar-refractivity contribution in [2.45, 2.75) is 25.7 Å². The maximum absolute atomic E-state index is 2.45. The largest absolute Gasteiger partial charge is 0.0766 e. The Kier molecular flexibility index (Phi) is 5.12. The van der Waals surface area contributed by atoms with E-state index in [1.165, 1.54) is 22.3 Å². The first-order chi connectivity index (χ1) is 12.9. The predicted molar refractivity (Wildman–Crippen MR) is 110 cm³/mol. The van der Waals surface area contributed by atoms with Crippen molar-refractivity contribution in [1.82, 2.24) is 0 Å². The molecule has 0 nitrogen and oxygen atoms in total. The van der Waals surface area contributed by atoms with E-state index in [4.69, 9.17) is 0 Å². The quantitative estimate of drug-likeness (QED) is 0.492. The summed E-state index contributed by atoms with van der Waals surface area (Å²) in [5, 5.41) is 0. The van der Waals surface area contributed by atoms with Crippen LogP contribution in [0.5, 0.6) is 0 Å². The zero-order valence-corrected chi connectivity index (χ0v) is 15.1. The first-order valence-electron chi connectivity index (χ1n) is 9.40. The number of benzene rings is 3. The lowest BCUT2D eigenvalue weighted by molar-refractivity contribution is 1.02. The van der Waals surface area contributed by atoms with E-state index >= 15 is 0 Å². The normalized spacial score (nSPS) is 13.8. The topological polar surface area (TPSA) is 0 Å². The second-order valence-electron chi connectivity index (χ2n) is 7.00. The summed E-state index contributed by atoms with van der Waals surface area (Å²) >= 11 is 0. The molecule has 0 bridgehead atoms. The minimum atomic E-state index is 1.03. The van der Waals surface area contributed by atoms with Crippen molar-refractivity contribution in [3.8, 4) is 0 Å². The fourth-order valence-corrected chi connectivity index (χ4v) is 3.77. The lowest BCUT2D eigenvalue weighted by Gasteiger charge is -2.13. The molecule has 4 rings (SSSR count). The molecule has 0 aromatic heterocycles. The third-order valence-electron chi connectivity index (χ3n) is 5.13. The van der Waals surface area contributed by atoms with Crippen LogP contribution in [0, 0.1) is 0 Å². The van der Waals surface area contributed by atoms with Gasteiger partial charge in [0.1, 0.15) is 0 Å². The molecule has 3 aromatic rings. The maximum Gasteiger partial charge on any atom is -0.00233 e. The van der Waals surface area contributed by atoms with Gasteiger partial charge in [0.15, 0.2) is 0 Å². The van der Waals surface area contributed by atoms with Gasteiger partial charge in [-0.1, -0.05) is 103 Å². The number of hydrogen-bond donors (Lipinski definition) is 0. The molecule has 0 atom stereocenters. The van der Waals surface area contributed by atoms with Gasteiger partial charge in [0, 0.05) is 0 Å². The summed E-state index contributed by atoms with van der Waals surface area (Å²) in [7, 11) is 0. The summed E-state index contributed by atoms with van der Waals surface area (Å²) in [6.07, 6.45) is 6.64. The lowest BCUT2D eigenvalue weighted by Crippen LogP contribution is -2.00. The van der Waals surface area contributed by atoms with E-state index in [0.29, 0.717) is 0 Å². The van der Waals surface area contributed by atoms with Gasteiger partial charge in [0.05, 0.1) is 0 Å². The summed E-state index contributed by atoms with van der Waals surface area (Å²) in [5.74, 6) is 0. The number of hydrogen-bond acceptors (Lipinski definition) is 0. The van der Waals surface area contributed by atoms with E-state index in [-0.39, 0.29) is 0 Å². The smallest absolute Gasteiger partial charge is 0.00233 e. The molecule has 26 heavy (non-hydrogen) atoms. The maximum atomic E-state index is 2.45. The predicted octanol–water partition coefficient (Wildman–Crippen LogP) is 6.34. The minimum absolute atomic E-state index is 1.03. The molecule has 128 valence electrons. The van der Waals surface area contributed by atoms with Crippen molar-refractivity contribution in [2.24, 2.45) is 0 Å². The van der Waals surface area contributed by atoms with Gasteiger partial charge in [-0.25, -0.2) is 0 Å². The average Bonchev–Trinajstić information content (AvgIpc) is 3.05. The summed E-state index contributed by atoms with van der Waals surface area (Å²) in [4.78, 5) is 0. The SMILES string of the molecule is C1=C(Cc2ccccc2)C(Cc2ccccc2)=C(Cc2ccccc2)C1. The molecule has 3 aromatic carbocycles. The second-order valence-corrected chi connectivity index (χ2v) is 7.00. The zero-order chi connectivity index (χ0) is 17.6. The molecule has 0 fully saturated rings. The van der Waals surface area contributed by atoms with Crippen LogP contribution < -0.4 is 0 Å². The van der Waals surface area contributed by atoms with Gasteiger partial charge in [-0.05, 0) is 53.5 Å². The monoisotopic (exact) mass is 336 g/mol. The summed E-state index contributed by atoms with van der Waals surface area (Å²) < 4.78 is 0. The van der Waals surface area contributed by atoms with Gasteiger partial charge in [0.2, 0.25) is 0 Å². The molecule has 0 unspecified atom stereocenters. The van der Waals surface area contributed by atoms with E-state index in [2.05, 4.69) is 97.1 Å². The van der Waals surface area contributed by atoms with Crippen molar-refractivity contribution >= 4 is 0 Å². The molecular weight excluding hydrogens is 312 g/mol. The molecule has 0 heterocycles. The van der Waals surface area contributed by atoms with Crippen molar-refractivity contribution in [3.05, 3.63) is 130 Å². The first kappa shape index (κ1) is 16.6. The standard InChI is InChI=1S/C26H24/c1-4-10-21(11-5-1)18-24-16-17-25(19-22-12-6-2-7-13-22)26(24)20-23-14-8-3-9-15-23/h1-16H,17-20H2. The van der Waals surface area contributed by atoms with Crippen LogP contribution in [0.1, 0.15) is 23.1 Å². The Morgan fingerprint density at radius 3 is 1.50 bits per heavy atom. The van der Waals surface area contributed by atoms with Gasteiger partial charge in [-0.15, -0.1) is 0 Å². The Morgan fingerprint density at radius 2 is 0.962 bits per heavy atom. The third kappa shape index (κ3) is 4.03. The fraction of sp³-hybridized carbons (Fsp3) is 0.154. The Bertz CT molecular complexity index is 900. The summed E-state index contributed by atoms with van der Waals surface area (Å²) in [6.45, 7) is 0. The van der Waals surface area contributed by atoms with Crippen molar-refractivity contribution in [3.63, 3.8) is 0 Å². The molecule has 1 aliphatic rings. The van der Waals surface area contributed by atoms with Crippen LogP contribution in [0.25, 0.3) is 0 Å². The van der Waals surface area contributed by atoms with Crippen molar-refractivity contribution in [1.29, 1.82) is 0 Å². The van der Waals surface area contributed by atoms with Gasteiger partial charge in [0.25, 0.3) is 0 Å². The van der Waals surface area contributed by atoms with Crippen LogP contribution in [0.15, 0.2) is 114 Å². The van der Waals surface area contributed by atoms with Gasteiger partial charge in [-0.3, -0.25) is 0 Å². The average molecular weight is 336 g/mol. The molecule has 1 aliphatic carbocycles. The van der Waals surface area contributed by atoms with Gasteiger partial charge < -0.3 is 0 Å². The highest BCUT2D eigenvalue weighted by atomic mass is 14.2. The highest BCUT2D eigenvalue weighted by Gasteiger charge is 2.18. The molecule has 0 saturated heterocycles. The summed E-state index contributed by atoms with van der Waals surface area (Å²) in [5.41, 5.74) is 8.82. The Hall–Kier alpha value is -2.86. The number of rotatable bonds is 6. The van der Waals surface area contributed by atoms with E-state index in [9.17, 15) is 0 Å². The molecule has 0 heteroatoms.